The maximum absolute atomic E-state index is 12.0. The van der Waals surface area contributed by atoms with Crippen molar-refractivity contribution in [1.29, 1.82) is 0 Å². The average molecular weight is 249 g/mol. The topological polar surface area (TPSA) is 66.4 Å². The molecule has 0 radical (unpaired) electrons. The normalized spacial score (nSPS) is 13.7. The van der Waals surface area contributed by atoms with Crippen LogP contribution in [-0.4, -0.2) is 22.5 Å². The highest BCUT2D eigenvalue weighted by Gasteiger charge is 2.37. The molecule has 1 atom stereocenters. The van der Waals surface area contributed by atoms with Crippen molar-refractivity contribution in [2.45, 2.75) is 38.6 Å². The van der Waals surface area contributed by atoms with Crippen LogP contribution < -0.4 is 5.32 Å². The molecule has 98 valence electrons. The fraction of sp³-hybridized carbons (Fsp3) is 0.429. The summed E-state index contributed by atoms with van der Waals surface area (Å²) in [5, 5.41) is 12.0. The largest absolute Gasteiger partial charge is 0.480 e. The Hall–Kier alpha value is -1.84. The fourth-order valence-corrected chi connectivity index (χ4v) is 1.95. The summed E-state index contributed by atoms with van der Waals surface area (Å²) in [5.41, 5.74) is -0.686. The second-order valence-corrected chi connectivity index (χ2v) is 4.31. The van der Waals surface area contributed by atoms with Crippen LogP contribution in [0.2, 0.25) is 0 Å². The van der Waals surface area contributed by atoms with Crippen LogP contribution in [0, 0.1) is 0 Å². The highest BCUT2D eigenvalue weighted by Crippen LogP contribution is 2.19. The van der Waals surface area contributed by atoms with Gasteiger partial charge in [-0.2, -0.15) is 0 Å². The number of nitrogens with one attached hydrogen (secondary N) is 1. The third-order valence-electron chi connectivity index (χ3n) is 3.08. The Labute approximate surface area is 107 Å². The second kappa shape index (κ2) is 6.19. The molecule has 0 aliphatic heterocycles. The Bertz CT molecular complexity index is 416. The van der Waals surface area contributed by atoms with Crippen molar-refractivity contribution in [1.82, 2.24) is 5.32 Å². The van der Waals surface area contributed by atoms with Crippen LogP contribution >= 0.6 is 0 Å². The first-order valence-electron chi connectivity index (χ1n) is 6.16. The van der Waals surface area contributed by atoms with E-state index in [0.717, 1.165) is 0 Å². The maximum Gasteiger partial charge on any atom is 0.329 e. The number of amides is 1. The molecule has 0 aliphatic carbocycles. The number of carbonyl (C=O) groups is 2. The van der Waals surface area contributed by atoms with Crippen LogP contribution in [0.15, 0.2) is 30.3 Å². The molecule has 1 unspecified atom stereocenters. The first-order valence-corrected chi connectivity index (χ1v) is 6.16. The molecule has 0 fully saturated rings. The van der Waals surface area contributed by atoms with E-state index in [2.05, 4.69) is 5.32 Å². The summed E-state index contributed by atoms with van der Waals surface area (Å²) in [6.45, 7) is 3.68. The third-order valence-corrected chi connectivity index (χ3v) is 3.08. The molecule has 0 heterocycles. The molecule has 0 saturated carbocycles. The molecule has 1 amide bonds. The molecule has 0 aromatic heterocycles. The quantitative estimate of drug-likeness (QED) is 0.813. The van der Waals surface area contributed by atoms with Gasteiger partial charge in [0, 0.05) is 5.56 Å². The van der Waals surface area contributed by atoms with Crippen molar-refractivity contribution in [3.8, 4) is 0 Å². The minimum Gasteiger partial charge on any atom is -0.480 e. The number of carboxylic acid groups (broad SMARTS) is 1. The van der Waals surface area contributed by atoms with Gasteiger partial charge >= 0.3 is 5.97 Å². The van der Waals surface area contributed by atoms with Gasteiger partial charge < -0.3 is 10.4 Å². The van der Waals surface area contributed by atoms with Gasteiger partial charge in [-0.25, -0.2) is 4.79 Å². The monoisotopic (exact) mass is 249 g/mol. The summed E-state index contributed by atoms with van der Waals surface area (Å²) >= 11 is 0. The van der Waals surface area contributed by atoms with E-state index in [1.54, 1.807) is 31.2 Å². The van der Waals surface area contributed by atoms with Gasteiger partial charge in [0.25, 0.3) is 5.91 Å². The molecule has 0 bridgehead atoms. The van der Waals surface area contributed by atoms with Crippen molar-refractivity contribution in [2.75, 3.05) is 0 Å². The lowest BCUT2D eigenvalue weighted by Crippen LogP contribution is -2.54. The standard InChI is InChI=1S/C14H19NO3/c1-3-10-14(4-2,13(17)18)15-12(16)11-8-6-5-7-9-11/h5-9H,3-4,10H2,1-2H3,(H,15,16)(H,17,18). The van der Waals surface area contributed by atoms with Crippen molar-refractivity contribution in [2.24, 2.45) is 0 Å². The SMILES string of the molecule is CCCC(CC)(NC(=O)c1ccccc1)C(=O)O. The van der Waals surface area contributed by atoms with E-state index in [0.29, 0.717) is 24.8 Å². The zero-order valence-corrected chi connectivity index (χ0v) is 10.8. The summed E-state index contributed by atoms with van der Waals surface area (Å²) in [6, 6.07) is 8.66. The Balaban J connectivity index is 2.91. The molecule has 1 aromatic carbocycles. The lowest BCUT2D eigenvalue weighted by atomic mass is 9.90. The third kappa shape index (κ3) is 3.09. The fourth-order valence-electron chi connectivity index (χ4n) is 1.95. The molecule has 2 N–H and O–H groups in total. The number of hydrogen-bond acceptors (Lipinski definition) is 2. The Morgan fingerprint density at radius 3 is 2.28 bits per heavy atom. The van der Waals surface area contributed by atoms with Gasteiger partial charge in [-0.05, 0) is 25.0 Å². The zero-order valence-electron chi connectivity index (χ0n) is 10.8. The number of aliphatic carboxylic acids is 1. The zero-order chi connectivity index (χ0) is 13.6. The summed E-state index contributed by atoms with van der Waals surface area (Å²) in [4.78, 5) is 23.4. The van der Waals surface area contributed by atoms with Gasteiger partial charge in [-0.1, -0.05) is 38.5 Å². The second-order valence-electron chi connectivity index (χ2n) is 4.31. The highest BCUT2D eigenvalue weighted by molar-refractivity contribution is 5.97. The number of carbonyl (C=O) groups excluding carboxylic acids is 1. The van der Waals surface area contributed by atoms with Crippen LogP contribution in [0.1, 0.15) is 43.5 Å². The molecular weight excluding hydrogens is 230 g/mol. The van der Waals surface area contributed by atoms with Crippen LogP contribution in [0.3, 0.4) is 0 Å². The molecule has 4 heteroatoms. The van der Waals surface area contributed by atoms with Gasteiger partial charge in [-0.3, -0.25) is 4.79 Å². The minimum absolute atomic E-state index is 0.340. The minimum atomic E-state index is -1.17. The van der Waals surface area contributed by atoms with E-state index < -0.39 is 11.5 Å². The van der Waals surface area contributed by atoms with E-state index in [4.69, 9.17) is 0 Å². The molecule has 0 saturated heterocycles. The Kier molecular flexibility index (Phi) is 4.89. The molecule has 0 spiro atoms. The molecule has 0 aliphatic rings. The van der Waals surface area contributed by atoms with Crippen molar-refractivity contribution < 1.29 is 14.7 Å². The van der Waals surface area contributed by atoms with E-state index >= 15 is 0 Å². The predicted octanol–water partition coefficient (Wildman–Crippen LogP) is 2.45. The molecule has 4 nitrogen and oxygen atoms in total. The van der Waals surface area contributed by atoms with Gasteiger partial charge in [0.1, 0.15) is 5.54 Å². The lowest BCUT2D eigenvalue weighted by molar-refractivity contribution is -0.145. The van der Waals surface area contributed by atoms with Crippen molar-refractivity contribution in [3.63, 3.8) is 0 Å². The summed E-state index contributed by atoms with van der Waals surface area (Å²) < 4.78 is 0. The highest BCUT2D eigenvalue weighted by atomic mass is 16.4. The Morgan fingerprint density at radius 1 is 1.22 bits per heavy atom. The van der Waals surface area contributed by atoms with E-state index in [1.165, 1.54) is 0 Å². The van der Waals surface area contributed by atoms with Crippen molar-refractivity contribution in [3.05, 3.63) is 35.9 Å². The molecular formula is C14H19NO3. The molecule has 1 aromatic rings. The summed E-state index contributed by atoms with van der Waals surface area (Å²) in [6.07, 6.45) is 1.50. The van der Waals surface area contributed by atoms with Gasteiger partial charge in [0.15, 0.2) is 0 Å². The van der Waals surface area contributed by atoms with Crippen LogP contribution in [0.25, 0.3) is 0 Å². The van der Waals surface area contributed by atoms with Crippen LogP contribution in [-0.2, 0) is 4.79 Å². The predicted molar refractivity (Wildman–Crippen MR) is 69.5 cm³/mol. The smallest absolute Gasteiger partial charge is 0.329 e. The van der Waals surface area contributed by atoms with Crippen LogP contribution in [0.5, 0.6) is 0 Å². The summed E-state index contributed by atoms with van der Waals surface area (Å²) in [7, 11) is 0. The van der Waals surface area contributed by atoms with E-state index in [9.17, 15) is 14.7 Å². The first-order chi connectivity index (χ1) is 8.55. The average Bonchev–Trinajstić information content (AvgIpc) is 2.38. The number of rotatable bonds is 6. The first kappa shape index (κ1) is 14.2. The lowest BCUT2D eigenvalue weighted by Gasteiger charge is -2.29. The van der Waals surface area contributed by atoms with E-state index in [-0.39, 0.29) is 5.91 Å². The summed E-state index contributed by atoms with van der Waals surface area (Å²) in [5.74, 6) is -1.32. The van der Waals surface area contributed by atoms with Gasteiger partial charge in [0.05, 0.1) is 0 Å². The van der Waals surface area contributed by atoms with Crippen LogP contribution in [0.4, 0.5) is 0 Å². The van der Waals surface area contributed by atoms with Gasteiger partial charge in [-0.15, -0.1) is 0 Å². The number of carboxylic acids is 1. The van der Waals surface area contributed by atoms with Gasteiger partial charge in [0.2, 0.25) is 0 Å². The Morgan fingerprint density at radius 2 is 1.83 bits per heavy atom. The van der Waals surface area contributed by atoms with E-state index in [1.807, 2.05) is 13.0 Å². The molecule has 18 heavy (non-hydrogen) atoms. The maximum atomic E-state index is 12.0. The molecule has 1 rings (SSSR count). The number of hydrogen-bond donors (Lipinski definition) is 2. The van der Waals surface area contributed by atoms with Crippen molar-refractivity contribution >= 4 is 11.9 Å². The number of benzene rings is 1.